The molecule has 3 aromatic carbocycles. The quantitative estimate of drug-likeness (QED) is 0.262. The molecular formula is C25H17FN2O3S. The standard InChI is InChI=1S/C25H17FN2O3S/c1-14-7-9-15(10-8-14)21-20(22(29)16-5-3-2-4-6-16)23(30)24(31)28(21)25-27-18-12-11-17(26)13-19(18)32-25/h2-13,21,29H,1H3/t21-/m0/s1. The van der Waals surface area contributed by atoms with E-state index >= 15 is 0 Å². The van der Waals surface area contributed by atoms with E-state index in [0.29, 0.717) is 21.3 Å². The number of fused-ring (bicyclic) bond motifs is 1. The number of aliphatic hydroxyl groups is 1. The number of rotatable bonds is 3. The molecular weight excluding hydrogens is 427 g/mol. The van der Waals surface area contributed by atoms with Gasteiger partial charge in [0.1, 0.15) is 11.6 Å². The topological polar surface area (TPSA) is 70.5 Å². The Morgan fingerprint density at radius 2 is 1.75 bits per heavy atom. The van der Waals surface area contributed by atoms with Crippen molar-refractivity contribution < 1.29 is 19.1 Å². The van der Waals surface area contributed by atoms with E-state index in [9.17, 15) is 19.1 Å². The Morgan fingerprint density at radius 1 is 1.03 bits per heavy atom. The largest absolute Gasteiger partial charge is 0.507 e. The van der Waals surface area contributed by atoms with Crippen molar-refractivity contribution in [2.45, 2.75) is 13.0 Å². The normalized spacial score (nSPS) is 17.9. The van der Waals surface area contributed by atoms with E-state index in [4.69, 9.17) is 0 Å². The first-order valence-electron chi connectivity index (χ1n) is 9.93. The lowest BCUT2D eigenvalue weighted by Crippen LogP contribution is -2.29. The molecule has 1 saturated heterocycles. The number of carbonyl (C=O) groups is 2. The van der Waals surface area contributed by atoms with Crippen LogP contribution in [0.2, 0.25) is 0 Å². The summed E-state index contributed by atoms with van der Waals surface area (Å²) in [5.74, 6) is -2.23. The molecule has 0 radical (unpaired) electrons. The number of aromatic nitrogens is 1. The van der Waals surface area contributed by atoms with Crippen LogP contribution in [0.1, 0.15) is 22.7 Å². The zero-order valence-electron chi connectivity index (χ0n) is 16.9. The number of amides is 1. The van der Waals surface area contributed by atoms with Gasteiger partial charge in [-0.25, -0.2) is 9.37 Å². The van der Waals surface area contributed by atoms with Gasteiger partial charge < -0.3 is 5.11 Å². The summed E-state index contributed by atoms with van der Waals surface area (Å²) in [6.07, 6.45) is 0. The second kappa shape index (κ2) is 7.69. The van der Waals surface area contributed by atoms with Crippen LogP contribution in [-0.4, -0.2) is 21.8 Å². The highest BCUT2D eigenvalue weighted by Gasteiger charge is 2.48. The molecule has 1 aliphatic heterocycles. The van der Waals surface area contributed by atoms with Crippen LogP contribution in [0.5, 0.6) is 0 Å². The van der Waals surface area contributed by atoms with Crippen LogP contribution < -0.4 is 4.90 Å². The highest BCUT2D eigenvalue weighted by atomic mass is 32.1. The summed E-state index contributed by atoms with van der Waals surface area (Å²) < 4.78 is 14.3. The predicted molar refractivity (Wildman–Crippen MR) is 122 cm³/mol. The van der Waals surface area contributed by atoms with Crippen molar-refractivity contribution in [1.82, 2.24) is 4.98 Å². The van der Waals surface area contributed by atoms with Crippen molar-refractivity contribution in [2.75, 3.05) is 4.90 Å². The number of carbonyl (C=O) groups excluding carboxylic acids is 2. The molecule has 0 saturated carbocycles. The van der Waals surface area contributed by atoms with Crippen LogP contribution in [0.3, 0.4) is 0 Å². The number of ketones is 1. The van der Waals surface area contributed by atoms with Crippen LogP contribution in [0.25, 0.3) is 16.0 Å². The zero-order chi connectivity index (χ0) is 22.4. The molecule has 1 aromatic heterocycles. The van der Waals surface area contributed by atoms with Crippen molar-refractivity contribution in [3.63, 3.8) is 0 Å². The summed E-state index contributed by atoms with van der Waals surface area (Å²) in [7, 11) is 0. The number of anilines is 1. The van der Waals surface area contributed by atoms with Gasteiger partial charge in [-0.05, 0) is 30.7 Å². The highest BCUT2D eigenvalue weighted by molar-refractivity contribution is 7.22. The smallest absolute Gasteiger partial charge is 0.301 e. The van der Waals surface area contributed by atoms with Gasteiger partial charge in [-0.15, -0.1) is 0 Å². The molecule has 1 aliphatic rings. The number of Topliss-reactive ketones (excluding diaryl/α,β-unsaturated/α-hetero) is 1. The minimum Gasteiger partial charge on any atom is -0.507 e. The third-order valence-electron chi connectivity index (χ3n) is 5.43. The van der Waals surface area contributed by atoms with Crippen molar-refractivity contribution in [3.05, 3.63) is 101 Å². The van der Waals surface area contributed by atoms with Gasteiger partial charge in [0, 0.05) is 5.56 Å². The van der Waals surface area contributed by atoms with E-state index in [1.165, 1.54) is 23.1 Å². The summed E-state index contributed by atoms with van der Waals surface area (Å²) in [6.45, 7) is 1.94. The number of hydrogen-bond donors (Lipinski definition) is 1. The van der Waals surface area contributed by atoms with E-state index in [0.717, 1.165) is 16.9 Å². The van der Waals surface area contributed by atoms with Gasteiger partial charge in [0.15, 0.2) is 5.13 Å². The Morgan fingerprint density at radius 3 is 2.47 bits per heavy atom. The summed E-state index contributed by atoms with van der Waals surface area (Å²) >= 11 is 1.12. The van der Waals surface area contributed by atoms with Crippen LogP contribution in [0.15, 0.2) is 78.4 Å². The third kappa shape index (κ3) is 3.27. The number of nitrogens with zero attached hydrogens (tertiary/aromatic N) is 2. The van der Waals surface area contributed by atoms with Gasteiger partial charge in [0.2, 0.25) is 0 Å². The molecule has 2 heterocycles. The molecule has 158 valence electrons. The fraction of sp³-hybridized carbons (Fsp3) is 0.0800. The lowest BCUT2D eigenvalue weighted by Gasteiger charge is -2.23. The van der Waals surface area contributed by atoms with E-state index < -0.39 is 23.5 Å². The first-order valence-corrected chi connectivity index (χ1v) is 10.7. The molecule has 5 nitrogen and oxygen atoms in total. The monoisotopic (exact) mass is 444 g/mol. The molecule has 4 aromatic rings. The number of aryl methyl sites for hydroxylation is 1. The average molecular weight is 444 g/mol. The lowest BCUT2D eigenvalue weighted by atomic mass is 9.95. The summed E-state index contributed by atoms with van der Waals surface area (Å²) in [4.78, 5) is 32.1. The van der Waals surface area contributed by atoms with Gasteiger partial charge in [-0.1, -0.05) is 71.5 Å². The first-order chi connectivity index (χ1) is 15.4. The second-order valence-corrected chi connectivity index (χ2v) is 8.56. The van der Waals surface area contributed by atoms with E-state index in [1.807, 2.05) is 31.2 Å². The number of thiazole rings is 1. The Bertz CT molecular complexity index is 1390. The fourth-order valence-corrected chi connectivity index (χ4v) is 4.85. The molecule has 0 bridgehead atoms. The average Bonchev–Trinajstić information content (AvgIpc) is 3.32. The van der Waals surface area contributed by atoms with Gasteiger partial charge in [0.05, 0.1) is 21.8 Å². The SMILES string of the molecule is Cc1ccc([C@H]2C(=C(O)c3ccccc3)C(=O)C(=O)N2c2nc3ccc(F)cc3s2)cc1. The molecule has 7 heteroatoms. The Kier molecular flexibility index (Phi) is 4.83. The molecule has 0 aliphatic carbocycles. The van der Waals surface area contributed by atoms with Crippen molar-refractivity contribution in [1.29, 1.82) is 0 Å². The number of benzene rings is 3. The first kappa shape index (κ1) is 20.1. The Balaban J connectivity index is 1.73. The maximum atomic E-state index is 13.7. The molecule has 0 spiro atoms. The molecule has 5 rings (SSSR count). The minimum absolute atomic E-state index is 0.00418. The molecule has 1 N–H and O–H groups in total. The molecule has 0 unspecified atom stereocenters. The van der Waals surface area contributed by atoms with Crippen molar-refractivity contribution in [3.8, 4) is 0 Å². The number of halogens is 1. The van der Waals surface area contributed by atoms with E-state index in [-0.39, 0.29) is 16.5 Å². The van der Waals surface area contributed by atoms with Crippen LogP contribution in [0, 0.1) is 12.7 Å². The van der Waals surface area contributed by atoms with E-state index in [1.54, 1.807) is 30.3 Å². The maximum absolute atomic E-state index is 13.7. The molecule has 1 atom stereocenters. The van der Waals surface area contributed by atoms with Gasteiger partial charge in [-0.3, -0.25) is 14.5 Å². The maximum Gasteiger partial charge on any atom is 0.301 e. The third-order valence-corrected chi connectivity index (χ3v) is 6.45. The molecule has 1 fully saturated rings. The second-order valence-electron chi connectivity index (χ2n) is 7.55. The van der Waals surface area contributed by atoms with E-state index in [2.05, 4.69) is 4.98 Å². The van der Waals surface area contributed by atoms with Crippen LogP contribution >= 0.6 is 11.3 Å². The Hall–Kier alpha value is -3.84. The predicted octanol–water partition coefficient (Wildman–Crippen LogP) is 5.37. The lowest BCUT2D eigenvalue weighted by molar-refractivity contribution is -0.132. The summed E-state index contributed by atoms with van der Waals surface area (Å²) in [5.41, 5.74) is 2.64. The van der Waals surface area contributed by atoms with Crippen LogP contribution in [0.4, 0.5) is 9.52 Å². The van der Waals surface area contributed by atoms with Gasteiger partial charge >= 0.3 is 5.91 Å². The van der Waals surface area contributed by atoms with Gasteiger partial charge in [-0.2, -0.15) is 0 Å². The molecule has 1 amide bonds. The van der Waals surface area contributed by atoms with Crippen molar-refractivity contribution in [2.24, 2.45) is 0 Å². The summed E-state index contributed by atoms with van der Waals surface area (Å²) in [6, 6.07) is 19.4. The minimum atomic E-state index is -0.860. The zero-order valence-corrected chi connectivity index (χ0v) is 17.8. The van der Waals surface area contributed by atoms with Gasteiger partial charge in [0.25, 0.3) is 5.78 Å². The Labute approximate surface area is 187 Å². The molecule has 32 heavy (non-hydrogen) atoms. The highest BCUT2D eigenvalue weighted by Crippen LogP contribution is 2.44. The number of hydrogen-bond acceptors (Lipinski definition) is 5. The fourth-order valence-electron chi connectivity index (χ4n) is 3.83. The number of aliphatic hydroxyl groups excluding tert-OH is 1. The van der Waals surface area contributed by atoms with Crippen molar-refractivity contribution >= 4 is 44.1 Å². The van der Waals surface area contributed by atoms with Crippen LogP contribution in [-0.2, 0) is 9.59 Å². The summed E-state index contributed by atoms with van der Waals surface area (Å²) in [5, 5.41) is 11.3.